The summed E-state index contributed by atoms with van der Waals surface area (Å²) in [6, 6.07) is 4.97. The average molecular weight is 442 g/mol. The van der Waals surface area contributed by atoms with Gasteiger partial charge in [-0.1, -0.05) is 24.6 Å². The van der Waals surface area contributed by atoms with Crippen LogP contribution in [0.15, 0.2) is 29.3 Å². The Morgan fingerprint density at radius 3 is 2.58 bits per heavy atom. The summed E-state index contributed by atoms with van der Waals surface area (Å²) in [4.78, 5) is 43.7. The Morgan fingerprint density at radius 1 is 1.23 bits per heavy atom. The number of nitrogens with one attached hydrogen (secondary N) is 1. The second kappa shape index (κ2) is 9.01. The van der Waals surface area contributed by atoms with E-state index in [1.807, 2.05) is 39.0 Å². The molecule has 31 heavy (non-hydrogen) atoms. The van der Waals surface area contributed by atoms with Crippen LogP contribution in [0.25, 0.3) is 10.2 Å². The van der Waals surface area contributed by atoms with Gasteiger partial charge in [-0.3, -0.25) is 14.2 Å². The number of esters is 1. The van der Waals surface area contributed by atoms with Gasteiger partial charge in [-0.05, 0) is 58.2 Å². The predicted octanol–water partition coefficient (Wildman–Crippen LogP) is 4.54. The van der Waals surface area contributed by atoms with Crippen molar-refractivity contribution in [1.29, 1.82) is 0 Å². The summed E-state index contributed by atoms with van der Waals surface area (Å²) in [6.07, 6.45) is 1.80. The zero-order valence-electron chi connectivity index (χ0n) is 18.6. The number of hydrogen-bond donors (Lipinski definition) is 1. The lowest BCUT2D eigenvalue weighted by atomic mass is 10.1. The smallest absolute Gasteiger partial charge is 0.329 e. The van der Waals surface area contributed by atoms with Gasteiger partial charge in [0.2, 0.25) is 0 Å². The van der Waals surface area contributed by atoms with Gasteiger partial charge in [-0.15, -0.1) is 11.3 Å². The summed E-state index contributed by atoms with van der Waals surface area (Å²) in [5, 5.41) is 3.27. The average Bonchev–Trinajstić information content (AvgIpc) is 3.07. The molecule has 0 unspecified atom stereocenters. The first-order chi connectivity index (χ1) is 14.6. The van der Waals surface area contributed by atoms with Gasteiger partial charge in [-0.25, -0.2) is 9.78 Å². The van der Waals surface area contributed by atoms with Crippen LogP contribution in [0, 0.1) is 20.8 Å². The monoisotopic (exact) mass is 441 g/mol. The third-order valence-electron chi connectivity index (χ3n) is 5.36. The summed E-state index contributed by atoms with van der Waals surface area (Å²) in [5.74, 6) is -0.777. The topological polar surface area (TPSA) is 90.3 Å². The number of carbonyl (C=O) groups is 2. The van der Waals surface area contributed by atoms with Crippen molar-refractivity contribution in [3.63, 3.8) is 0 Å². The molecule has 2 atom stereocenters. The Kier molecular flexibility index (Phi) is 6.59. The fourth-order valence-electron chi connectivity index (χ4n) is 3.26. The Morgan fingerprint density at radius 2 is 1.94 bits per heavy atom. The first-order valence-corrected chi connectivity index (χ1v) is 11.0. The molecule has 0 saturated heterocycles. The zero-order valence-corrected chi connectivity index (χ0v) is 19.4. The van der Waals surface area contributed by atoms with Crippen LogP contribution in [0.3, 0.4) is 0 Å². The van der Waals surface area contributed by atoms with Crippen LogP contribution in [0.4, 0.5) is 5.69 Å². The van der Waals surface area contributed by atoms with Gasteiger partial charge in [0.05, 0.1) is 22.7 Å². The van der Waals surface area contributed by atoms with Crippen LogP contribution in [0.1, 0.15) is 59.6 Å². The van der Waals surface area contributed by atoms with Gasteiger partial charge in [-0.2, -0.15) is 0 Å². The minimum Gasteiger partial charge on any atom is -0.461 e. The van der Waals surface area contributed by atoms with Crippen LogP contribution in [-0.4, -0.2) is 27.5 Å². The zero-order chi connectivity index (χ0) is 22.9. The van der Waals surface area contributed by atoms with Crippen molar-refractivity contribution < 1.29 is 14.3 Å². The molecule has 1 aromatic carbocycles. The van der Waals surface area contributed by atoms with Gasteiger partial charge < -0.3 is 10.1 Å². The van der Waals surface area contributed by atoms with E-state index in [1.165, 1.54) is 10.9 Å². The van der Waals surface area contributed by atoms with E-state index in [9.17, 15) is 14.4 Å². The maximum Gasteiger partial charge on any atom is 0.329 e. The van der Waals surface area contributed by atoms with Gasteiger partial charge in [0.15, 0.2) is 0 Å². The molecule has 0 bridgehead atoms. The second-order valence-electron chi connectivity index (χ2n) is 7.80. The molecule has 164 valence electrons. The predicted molar refractivity (Wildman–Crippen MR) is 123 cm³/mol. The number of aromatic nitrogens is 2. The van der Waals surface area contributed by atoms with Crippen LogP contribution in [0.5, 0.6) is 0 Å². The molecule has 2 aromatic heterocycles. The van der Waals surface area contributed by atoms with E-state index in [0.717, 1.165) is 28.2 Å². The van der Waals surface area contributed by atoms with Crippen LogP contribution in [0.2, 0.25) is 0 Å². The van der Waals surface area contributed by atoms with E-state index < -0.39 is 12.0 Å². The van der Waals surface area contributed by atoms with Crippen LogP contribution < -0.4 is 10.9 Å². The van der Waals surface area contributed by atoms with E-state index in [-0.39, 0.29) is 17.6 Å². The minimum atomic E-state index is -0.815. The van der Waals surface area contributed by atoms with Crippen LogP contribution >= 0.6 is 11.3 Å². The van der Waals surface area contributed by atoms with E-state index in [2.05, 4.69) is 10.3 Å². The molecule has 1 amide bonds. The molecule has 1 N–H and O–H groups in total. The number of carbonyl (C=O) groups excluding carboxylic acids is 2. The molecule has 0 aliphatic carbocycles. The van der Waals surface area contributed by atoms with Crippen molar-refractivity contribution in [2.75, 3.05) is 5.32 Å². The van der Waals surface area contributed by atoms with E-state index in [1.54, 1.807) is 20.8 Å². The number of anilines is 1. The number of thiophene rings is 1. The summed E-state index contributed by atoms with van der Waals surface area (Å²) < 4.78 is 6.62. The van der Waals surface area contributed by atoms with Gasteiger partial charge in [0, 0.05) is 5.69 Å². The molecular weight excluding hydrogens is 414 g/mol. The first kappa shape index (κ1) is 22.7. The van der Waals surface area contributed by atoms with Crippen molar-refractivity contribution in [3.05, 3.63) is 56.4 Å². The number of ether oxygens (including phenoxy) is 1. The maximum atomic E-state index is 13.1. The largest absolute Gasteiger partial charge is 0.461 e. The molecule has 0 saturated carbocycles. The third kappa shape index (κ3) is 4.54. The Hall–Kier alpha value is -3.00. The number of fused-ring (bicyclic) bond motifs is 1. The molecule has 8 heteroatoms. The highest BCUT2D eigenvalue weighted by Gasteiger charge is 2.24. The Bertz CT molecular complexity index is 1210. The molecular formula is C23H27N3O4S. The number of amides is 1. The van der Waals surface area contributed by atoms with Crippen molar-refractivity contribution in [1.82, 2.24) is 9.55 Å². The molecule has 0 aliphatic rings. The highest BCUT2D eigenvalue weighted by molar-refractivity contribution is 7.20. The fourth-order valence-corrected chi connectivity index (χ4v) is 4.29. The standard InChI is InChI=1S/C23H27N3O4S/c1-7-14(4)30-23(29)16(6)26-11-24-21-18(22(26)28)15(5)19(31-21)20(27)25-17-9-8-12(2)10-13(17)3/h8-11,14,16H,7H2,1-6H3,(H,25,27)/t14-,16+/m1/s1. The van der Waals surface area contributed by atoms with Crippen molar-refractivity contribution in [2.24, 2.45) is 0 Å². The number of aryl methyl sites for hydroxylation is 3. The van der Waals surface area contributed by atoms with Crippen molar-refractivity contribution in [3.8, 4) is 0 Å². The SMILES string of the molecule is CC[C@@H](C)OC(=O)[C@H](C)n1cnc2sc(C(=O)Nc3ccc(C)cc3C)c(C)c2c1=O. The minimum absolute atomic E-state index is 0.231. The van der Waals surface area contributed by atoms with E-state index in [4.69, 9.17) is 4.74 Å². The quantitative estimate of drug-likeness (QED) is 0.567. The molecule has 2 heterocycles. The third-order valence-corrected chi connectivity index (χ3v) is 6.56. The second-order valence-corrected chi connectivity index (χ2v) is 8.80. The van der Waals surface area contributed by atoms with Crippen molar-refractivity contribution >= 4 is 39.1 Å². The van der Waals surface area contributed by atoms with E-state index >= 15 is 0 Å². The lowest BCUT2D eigenvalue weighted by molar-refractivity contribution is -0.152. The molecule has 0 fully saturated rings. The Labute approximate surface area is 185 Å². The maximum absolute atomic E-state index is 13.1. The van der Waals surface area contributed by atoms with Gasteiger partial charge in [0.1, 0.15) is 10.9 Å². The van der Waals surface area contributed by atoms with E-state index in [0.29, 0.717) is 27.1 Å². The molecule has 0 radical (unpaired) electrons. The fraction of sp³-hybridized carbons (Fsp3) is 0.391. The van der Waals surface area contributed by atoms with Crippen molar-refractivity contribution in [2.45, 2.75) is 60.1 Å². The number of hydrogen-bond acceptors (Lipinski definition) is 6. The highest BCUT2D eigenvalue weighted by Crippen LogP contribution is 2.28. The summed E-state index contributed by atoms with van der Waals surface area (Å²) >= 11 is 1.16. The molecule has 0 aliphatic heterocycles. The summed E-state index contributed by atoms with van der Waals surface area (Å²) in [6.45, 7) is 11.0. The van der Waals surface area contributed by atoms with Gasteiger partial charge >= 0.3 is 5.97 Å². The summed E-state index contributed by atoms with van der Waals surface area (Å²) in [5.41, 5.74) is 2.98. The molecule has 7 nitrogen and oxygen atoms in total. The number of nitrogens with zero attached hydrogens (tertiary/aromatic N) is 2. The molecule has 3 rings (SSSR count). The van der Waals surface area contributed by atoms with Crippen LogP contribution in [-0.2, 0) is 9.53 Å². The summed E-state index contributed by atoms with van der Waals surface area (Å²) in [7, 11) is 0. The normalized spacial score (nSPS) is 13.1. The lowest BCUT2D eigenvalue weighted by Gasteiger charge is -2.17. The number of rotatable bonds is 6. The molecule has 3 aromatic rings. The lowest BCUT2D eigenvalue weighted by Crippen LogP contribution is -2.31. The highest BCUT2D eigenvalue weighted by atomic mass is 32.1. The van der Waals surface area contributed by atoms with Gasteiger partial charge in [0.25, 0.3) is 11.5 Å². The number of benzene rings is 1. The first-order valence-electron chi connectivity index (χ1n) is 10.2. The molecule has 0 spiro atoms. The Balaban J connectivity index is 1.95.